The van der Waals surface area contributed by atoms with Gasteiger partial charge < -0.3 is 10.3 Å². The average molecular weight is 170 g/mol. The van der Waals surface area contributed by atoms with Crippen LogP contribution in [0.3, 0.4) is 0 Å². The number of nitrogens with two attached hydrogens (primary N) is 1. The Kier molecular flexibility index (Phi) is 1.77. The van der Waals surface area contributed by atoms with Gasteiger partial charge in [0.15, 0.2) is 0 Å². The summed E-state index contributed by atoms with van der Waals surface area (Å²) in [6, 6.07) is 1.83. The second-order valence-corrected chi connectivity index (χ2v) is 3.86. The Morgan fingerprint density at radius 1 is 1.73 bits per heavy atom. The van der Waals surface area contributed by atoms with E-state index in [1.807, 2.05) is 17.8 Å². The van der Waals surface area contributed by atoms with E-state index in [0.717, 1.165) is 11.4 Å². The highest BCUT2D eigenvalue weighted by Crippen LogP contribution is 2.31. The summed E-state index contributed by atoms with van der Waals surface area (Å²) < 4.78 is 4.80. The van der Waals surface area contributed by atoms with E-state index < -0.39 is 0 Å². The van der Waals surface area contributed by atoms with Crippen molar-refractivity contribution in [2.75, 3.05) is 17.2 Å². The molecule has 0 aliphatic carbocycles. The molecule has 0 amide bonds. The number of thioether (sulfide) groups is 1. The normalized spacial score (nSPS) is 24.2. The van der Waals surface area contributed by atoms with E-state index in [4.69, 9.17) is 10.3 Å². The van der Waals surface area contributed by atoms with Crippen molar-refractivity contribution in [3.05, 3.63) is 11.8 Å². The van der Waals surface area contributed by atoms with Gasteiger partial charge in [0, 0.05) is 17.7 Å². The number of aromatic nitrogens is 1. The number of anilines is 1. The first-order valence-corrected chi connectivity index (χ1v) is 4.81. The predicted octanol–water partition coefficient (Wildman–Crippen LogP) is 1.48. The molecule has 1 aromatic rings. The summed E-state index contributed by atoms with van der Waals surface area (Å²) in [5.74, 6) is 3.39. The van der Waals surface area contributed by atoms with Crippen LogP contribution in [0.15, 0.2) is 10.6 Å². The second kappa shape index (κ2) is 2.77. The summed E-state index contributed by atoms with van der Waals surface area (Å²) in [5.41, 5.74) is 6.43. The summed E-state index contributed by atoms with van der Waals surface area (Å²) in [7, 11) is 0. The molecule has 1 aliphatic heterocycles. The molecular weight excluding hydrogens is 160 g/mol. The molecule has 0 spiro atoms. The molecule has 0 aromatic carbocycles. The third kappa shape index (κ3) is 1.35. The van der Waals surface area contributed by atoms with E-state index in [9.17, 15) is 0 Å². The SMILES string of the molecule is Nc1cc(C2CCSC2)no1. The highest BCUT2D eigenvalue weighted by Gasteiger charge is 2.20. The van der Waals surface area contributed by atoms with Crippen molar-refractivity contribution in [1.29, 1.82) is 0 Å². The van der Waals surface area contributed by atoms with Crippen LogP contribution < -0.4 is 5.73 Å². The largest absolute Gasteiger partial charge is 0.368 e. The zero-order valence-corrected chi connectivity index (χ0v) is 6.93. The van der Waals surface area contributed by atoms with Gasteiger partial charge in [-0.05, 0) is 12.2 Å². The maximum atomic E-state index is 5.41. The Morgan fingerprint density at radius 2 is 2.64 bits per heavy atom. The Labute approximate surface area is 69.3 Å². The lowest BCUT2D eigenvalue weighted by Gasteiger charge is -1.99. The second-order valence-electron chi connectivity index (χ2n) is 2.71. The molecule has 1 atom stereocenters. The first-order chi connectivity index (χ1) is 5.36. The van der Waals surface area contributed by atoms with Gasteiger partial charge in [0.25, 0.3) is 0 Å². The summed E-state index contributed by atoms with van der Waals surface area (Å²) in [5, 5.41) is 3.88. The monoisotopic (exact) mass is 170 g/mol. The van der Waals surface area contributed by atoms with Crippen LogP contribution in [-0.4, -0.2) is 16.7 Å². The van der Waals surface area contributed by atoms with Gasteiger partial charge in [-0.2, -0.15) is 11.8 Å². The highest BCUT2D eigenvalue weighted by molar-refractivity contribution is 7.99. The smallest absolute Gasteiger partial charge is 0.222 e. The molecule has 1 fully saturated rings. The molecule has 2 N–H and O–H groups in total. The van der Waals surface area contributed by atoms with Crippen LogP contribution in [-0.2, 0) is 0 Å². The van der Waals surface area contributed by atoms with Gasteiger partial charge >= 0.3 is 0 Å². The first kappa shape index (κ1) is 7.03. The van der Waals surface area contributed by atoms with Gasteiger partial charge in [-0.3, -0.25) is 0 Å². The van der Waals surface area contributed by atoms with E-state index in [2.05, 4.69) is 5.16 Å². The average Bonchev–Trinajstić information content (AvgIpc) is 2.55. The van der Waals surface area contributed by atoms with E-state index in [0.29, 0.717) is 11.8 Å². The molecule has 0 bridgehead atoms. The van der Waals surface area contributed by atoms with E-state index in [1.165, 1.54) is 12.2 Å². The quantitative estimate of drug-likeness (QED) is 0.693. The van der Waals surface area contributed by atoms with Crippen molar-refractivity contribution in [1.82, 2.24) is 5.16 Å². The number of hydrogen-bond acceptors (Lipinski definition) is 4. The third-order valence-electron chi connectivity index (χ3n) is 1.89. The zero-order valence-electron chi connectivity index (χ0n) is 6.12. The fraction of sp³-hybridized carbons (Fsp3) is 0.571. The molecular formula is C7H10N2OS. The first-order valence-electron chi connectivity index (χ1n) is 3.66. The number of hydrogen-bond donors (Lipinski definition) is 1. The maximum Gasteiger partial charge on any atom is 0.222 e. The molecule has 1 aliphatic rings. The maximum absolute atomic E-state index is 5.41. The molecule has 0 radical (unpaired) electrons. The van der Waals surface area contributed by atoms with Crippen LogP contribution in [0.5, 0.6) is 0 Å². The molecule has 60 valence electrons. The van der Waals surface area contributed by atoms with Gasteiger partial charge in [-0.1, -0.05) is 5.16 Å². The van der Waals surface area contributed by atoms with Crippen molar-refractivity contribution >= 4 is 17.6 Å². The van der Waals surface area contributed by atoms with Gasteiger partial charge in [0.2, 0.25) is 5.88 Å². The van der Waals surface area contributed by atoms with Crippen LogP contribution in [0.4, 0.5) is 5.88 Å². The molecule has 2 rings (SSSR count). The van der Waals surface area contributed by atoms with E-state index in [1.54, 1.807) is 0 Å². The van der Waals surface area contributed by atoms with Crippen molar-refractivity contribution in [2.24, 2.45) is 0 Å². The van der Waals surface area contributed by atoms with Crippen LogP contribution in [0.2, 0.25) is 0 Å². The van der Waals surface area contributed by atoms with Gasteiger partial charge in [-0.15, -0.1) is 0 Å². The Hall–Kier alpha value is -0.640. The van der Waals surface area contributed by atoms with Crippen LogP contribution in [0.1, 0.15) is 18.0 Å². The third-order valence-corrected chi connectivity index (χ3v) is 3.06. The van der Waals surface area contributed by atoms with Crippen LogP contribution >= 0.6 is 11.8 Å². The summed E-state index contributed by atoms with van der Waals surface area (Å²) >= 11 is 1.96. The lowest BCUT2D eigenvalue weighted by Crippen LogP contribution is -1.95. The molecule has 4 heteroatoms. The predicted molar refractivity (Wildman–Crippen MR) is 45.6 cm³/mol. The zero-order chi connectivity index (χ0) is 7.68. The lowest BCUT2D eigenvalue weighted by atomic mass is 10.1. The molecule has 11 heavy (non-hydrogen) atoms. The molecule has 1 saturated heterocycles. The van der Waals surface area contributed by atoms with E-state index >= 15 is 0 Å². The van der Waals surface area contributed by atoms with Crippen LogP contribution in [0, 0.1) is 0 Å². The number of nitrogens with zero attached hydrogens (tertiary/aromatic N) is 1. The fourth-order valence-electron chi connectivity index (χ4n) is 1.26. The van der Waals surface area contributed by atoms with Crippen molar-refractivity contribution in [2.45, 2.75) is 12.3 Å². The van der Waals surface area contributed by atoms with Crippen LogP contribution in [0.25, 0.3) is 0 Å². The van der Waals surface area contributed by atoms with Gasteiger partial charge in [-0.25, -0.2) is 0 Å². The summed E-state index contributed by atoms with van der Waals surface area (Å²) in [6.45, 7) is 0. The minimum absolute atomic E-state index is 0.428. The number of nitrogen functional groups attached to an aromatic ring is 1. The molecule has 1 aromatic heterocycles. The molecule has 0 saturated carbocycles. The topological polar surface area (TPSA) is 52.0 Å². The highest BCUT2D eigenvalue weighted by atomic mass is 32.2. The Bertz CT molecular complexity index is 242. The molecule has 3 nitrogen and oxygen atoms in total. The standard InChI is InChI=1S/C7H10N2OS/c8-7-3-6(9-10-7)5-1-2-11-4-5/h3,5H,1-2,4,8H2. The van der Waals surface area contributed by atoms with Crippen molar-refractivity contribution in [3.8, 4) is 0 Å². The minimum atomic E-state index is 0.428. The van der Waals surface area contributed by atoms with Gasteiger partial charge in [0.1, 0.15) is 0 Å². The number of rotatable bonds is 1. The molecule has 2 heterocycles. The summed E-state index contributed by atoms with van der Waals surface area (Å²) in [6.07, 6.45) is 1.20. The Balaban J connectivity index is 2.15. The Morgan fingerprint density at radius 3 is 3.18 bits per heavy atom. The van der Waals surface area contributed by atoms with Crippen molar-refractivity contribution in [3.63, 3.8) is 0 Å². The summed E-state index contributed by atoms with van der Waals surface area (Å²) in [4.78, 5) is 0. The lowest BCUT2D eigenvalue weighted by molar-refractivity contribution is 0.422. The van der Waals surface area contributed by atoms with E-state index in [-0.39, 0.29) is 0 Å². The fourth-order valence-corrected chi connectivity index (χ4v) is 2.50. The molecule has 1 unspecified atom stereocenters. The van der Waals surface area contributed by atoms with Crippen molar-refractivity contribution < 1.29 is 4.52 Å². The minimum Gasteiger partial charge on any atom is -0.368 e. The van der Waals surface area contributed by atoms with Gasteiger partial charge in [0.05, 0.1) is 5.69 Å².